The number of hydrogen-bond donors (Lipinski definition) is 1. The number of aromatic nitrogens is 1. The average Bonchev–Trinajstić information content (AvgIpc) is 2.24. The quantitative estimate of drug-likeness (QED) is 0.813. The molecule has 88 valence electrons. The molecule has 0 radical (unpaired) electrons. The fourth-order valence-electron chi connectivity index (χ4n) is 1.31. The van der Waals surface area contributed by atoms with Crippen molar-refractivity contribution in [2.45, 2.75) is 6.92 Å². The third kappa shape index (κ3) is 3.20. The molecule has 1 heterocycles. The van der Waals surface area contributed by atoms with Crippen LogP contribution < -0.4 is 4.90 Å². The first-order valence-corrected chi connectivity index (χ1v) is 4.96. The highest BCUT2D eigenvalue weighted by Gasteiger charge is 2.09. The molecule has 0 amide bonds. The Morgan fingerprint density at radius 3 is 2.81 bits per heavy atom. The van der Waals surface area contributed by atoms with Crippen LogP contribution in [0.1, 0.15) is 16.1 Å². The first kappa shape index (κ1) is 12.4. The van der Waals surface area contributed by atoms with Crippen molar-refractivity contribution >= 4 is 11.8 Å². The van der Waals surface area contributed by atoms with Gasteiger partial charge in [-0.2, -0.15) is 0 Å². The zero-order chi connectivity index (χ0) is 12.1. The van der Waals surface area contributed by atoms with Crippen LogP contribution in [0.5, 0.6) is 0 Å². The van der Waals surface area contributed by atoms with Crippen molar-refractivity contribution in [2.75, 3.05) is 32.2 Å². The molecule has 0 aliphatic carbocycles. The van der Waals surface area contributed by atoms with Crippen LogP contribution in [0.25, 0.3) is 0 Å². The van der Waals surface area contributed by atoms with Gasteiger partial charge in [-0.1, -0.05) is 0 Å². The summed E-state index contributed by atoms with van der Waals surface area (Å²) in [7, 11) is 3.48. The van der Waals surface area contributed by atoms with E-state index >= 15 is 0 Å². The summed E-state index contributed by atoms with van der Waals surface area (Å²) >= 11 is 0. The molecule has 0 atom stereocenters. The Labute approximate surface area is 94.7 Å². The molecule has 5 nitrogen and oxygen atoms in total. The minimum atomic E-state index is -0.938. The largest absolute Gasteiger partial charge is 0.478 e. The molecule has 1 rings (SSSR count). The number of methoxy groups -OCH3 is 1. The normalized spacial score (nSPS) is 10.2. The topological polar surface area (TPSA) is 62.7 Å². The minimum Gasteiger partial charge on any atom is -0.478 e. The van der Waals surface area contributed by atoms with Crippen molar-refractivity contribution in [3.05, 3.63) is 23.4 Å². The van der Waals surface area contributed by atoms with Crippen molar-refractivity contribution in [1.29, 1.82) is 0 Å². The van der Waals surface area contributed by atoms with Gasteiger partial charge in [0.1, 0.15) is 5.82 Å². The Morgan fingerprint density at radius 2 is 2.25 bits per heavy atom. The predicted molar refractivity (Wildman–Crippen MR) is 61.1 cm³/mol. The number of carboxylic acids is 1. The highest BCUT2D eigenvalue weighted by atomic mass is 16.5. The maximum Gasteiger partial charge on any atom is 0.335 e. The van der Waals surface area contributed by atoms with Gasteiger partial charge >= 0.3 is 5.97 Å². The number of ether oxygens (including phenoxy) is 1. The number of nitrogens with zero attached hydrogens (tertiary/aromatic N) is 2. The highest BCUT2D eigenvalue weighted by Crippen LogP contribution is 2.13. The van der Waals surface area contributed by atoms with Gasteiger partial charge in [0.25, 0.3) is 0 Å². The van der Waals surface area contributed by atoms with Gasteiger partial charge in [-0.15, -0.1) is 0 Å². The molecular weight excluding hydrogens is 208 g/mol. The van der Waals surface area contributed by atoms with E-state index in [-0.39, 0.29) is 5.56 Å². The second kappa shape index (κ2) is 5.46. The molecule has 0 spiro atoms. The zero-order valence-corrected chi connectivity index (χ0v) is 9.73. The number of carbonyl (C=O) groups is 1. The second-order valence-corrected chi connectivity index (χ2v) is 3.57. The summed E-state index contributed by atoms with van der Waals surface area (Å²) in [5.41, 5.74) is 0.950. The molecule has 0 saturated carbocycles. The molecule has 1 aromatic rings. The number of aryl methyl sites for hydroxylation is 1. The molecular formula is C11H16N2O3. The lowest BCUT2D eigenvalue weighted by Gasteiger charge is -2.18. The number of pyridine rings is 1. The van der Waals surface area contributed by atoms with Gasteiger partial charge in [0, 0.05) is 26.4 Å². The summed E-state index contributed by atoms with van der Waals surface area (Å²) in [6, 6.07) is 3.11. The maximum atomic E-state index is 10.9. The van der Waals surface area contributed by atoms with Crippen LogP contribution >= 0.6 is 0 Å². The number of hydrogen-bond acceptors (Lipinski definition) is 4. The van der Waals surface area contributed by atoms with E-state index in [4.69, 9.17) is 9.84 Å². The van der Waals surface area contributed by atoms with Gasteiger partial charge in [0.05, 0.1) is 12.2 Å². The molecule has 0 aromatic carbocycles. The van der Waals surface area contributed by atoms with E-state index in [0.717, 1.165) is 0 Å². The monoisotopic (exact) mass is 224 g/mol. The molecule has 0 fully saturated rings. The Kier molecular flexibility index (Phi) is 4.25. The van der Waals surface area contributed by atoms with Crippen LogP contribution in [0.3, 0.4) is 0 Å². The summed E-state index contributed by atoms with van der Waals surface area (Å²) in [4.78, 5) is 17.0. The zero-order valence-electron chi connectivity index (χ0n) is 9.73. The van der Waals surface area contributed by atoms with Crippen molar-refractivity contribution in [1.82, 2.24) is 4.98 Å². The minimum absolute atomic E-state index is 0.256. The molecule has 5 heteroatoms. The van der Waals surface area contributed by atoms with Gasteiger partial charge in [-0.25, -0.2) is 9.78 Å². The number of carboxylic acid groups (broad SMARTS) is 1. The van der Waals surface area contributed by atoms with Crippen molar-refractivity contribution < 1.29 is 14.6 Å². The average molecular weight is 224 g/mol. The lowest BCUT2D eigenvalue weighted by molar-refractivity contribution is 0.0696. The third-order valence-corrected chi connectivity index (χ3v) is 2.21. The van der Waals surface area contributed by atoms with Crippen LogP contribution in [-0.4, -0.2) is 43.4 Å². The van der Waals surface area contributed by atoms with Gasteiger partial charge in [0.2, 0.25) is 0 Å². The number of rotatable bonds is 5. The summed E-state index contributed by atoms with van der Waals surface area (Å²) < 4.78 is 4.96. The van der Waals surface area contributed by atoms with E-state index in [1.807, 2.05) is 11.9 Å². The lowest BCUT2D eigenvalue weighted by Crippen LogP contribution is -2.23. The summed E-state index contributed by atoms with van der Waals surface area (Å²) in [5.74, 6) is -0.290. The van der Waals surface area contributed by atoms with Crippen LogP contribution in [0.4, 0.5) is 5.82 Å². The van der Waals surface area contributed by atoms with Crippen molar-refractivity contribution in [3.8, 4) is 0 Å². The number of anilines is 1. The first-order valence-electron chi connectivity index (χ1n) is 4.96. The Bertz CT molecular complexity index is 379. The van der Waals surface area contributed by atoms with Crippen LogP contribution in [0.15, 0.2) is 12.1 Å². The summed E-state index contributed by atoms with van der Waals surface area (Å²) in [5, 5.41) is 8.92. The standard InChI is InChI=1S/C11H16N2O3/c1-8-6-9(11(14)15)7-10(12-8)13(2)4-5-16-3/h6-7H,4-5H2,1-3H3,(H,14,15). The lowest BCUT2D eigenvalue weighted by atomic mass is 10.2. The second-order valence-electron chi connectivity index (χ2n) is 3.57. The van der Waals surface area contributed by atoms with E-state index in [0.29, 0.717) is 24.7 Å². The Morgan fingerprint density at radius 1 is 1.56 bits per heavy atom. The molecule has 1 aromatic heterocycles. The van der Waals surface area contributed by atoms with E-state index < -0.39 is 5.97 Å². The maximum absolute atomic E-state index is 10.9. The van der Waals surface area contributed by atoms with Crippen molar-refractivity contribution in [2.24, 2.45) is 0 Å². The van der Waals surface area contributed by atoms with Gasteiger partial charge in [0.15, 0.2) is 0 Å². The van der Waals surface area contributed by atoms with Gasteiger partial charge in [-0.05, 0) is 19.1 Å². The molecule has 0 unspecified atom stereocenters. The Balaban J connectivity index is 2.91. The van der Waals surface area contributed by atoms with Gasteiger partial charge < -0.3 is 14.7 Å². The SMILES string of the molecule is COCCN(C)c1cc(C(=O)O)cc(C)n1. The molecule has 0 aliphatic rings. The number of likely N-dealkylation sites (N-methyl/N-ethyl adjacent to an activating group) is 1. The molecule has 16 heavy (non-hydrogen) atoms. The third-order valence-electron chi connectivity index (χ3n) is 2.21. The highest BCUT2D eigenvalue weighted by molar-refractivity contribution is 5.88. The summed E-state index contributed by atoms with van der Waals surface area (Å²) in [6.07, 6.45) is 0. The Hall–Kier alpha value is -1.62. The first-order chi connectivity index (χ1) is 7.54. The molecule has 0 bridgehead atoms. The van der Waals surface area contributed by atoms with Crippen molar-refractivity contribution in [3.63, 3.8) is 0 Å². The molecule has 0 aliphatic heterocycles. The summed E-state index contributed by atoms with van der Waals surface area (Å²) in [6.45, 7) is 3.03. The van der Waals surface area contributed by atoms with Gasteiger partial charge in [-0.3, -0.25) is 0 Å². The fraction of sp³-hybridized carbons (Fsp3) is 0.455. The van der Waals surface area contributed by atoms with E-state index in [2.05, 4.69) is 4.98 Å². The fourth-order valence-corrected chi connectivity index (χ4v) is 1.31. The van der Waals surface area contributed by atoms with Crippen LogP contribution in [0.2, 0.25) is 0 Å². The predicted octanol–water partition coefficient (Wildman–Crippen LogP) is 1.17. The van der Waals surface area contributed by atoms with E-state index in [1.54, 1.807) is 26.2 Å². The van der Waals surface area contributed by atoms with Crippen LogP contribution in [0, 0.1) is 6.92 Å². The van der Waals surface area contributed by atoms with E-state index in [9.17, 15) is 4.79 Å². The van der Waals surface area contributed by atoms with E-state index in [1.165, 1.54) is 0 Å². The molecule has 1 N–H and O–H groups in total. The smallest absolute Gasteiger partial charge is 0.335 e. The van der Waals surface area contributed by atoms with Crippen LogP contribution in [-0.2, 0) is 4.74 Å². The number of aromatic carboxylic acids is 1. The molecule has 0 saturated heterocycles.